The number of rotatable bonds is 6. The van der Waals surface area contributed by atoms with Crippen molar-refractivity contribution in [2.75, 3.05) is 0 Å². The zero-order valence-electron chi connectivity index (χ0n) is 15.7. The number of ether oxygens (including phenoxy) is 2. The minimum Gasteiger partial charge on any atom is -0.406 e. The van der Waals surface area contributed by atoms with Crippen molar-refractivity contribution in [3.8, 4) is 11.5 Å². The number of hydrogen-bond donors (Lipinski definition) is 0. The van der Waals surface area contributed by atoms with E-state index in [1.54, 1.807) is 6.92 Å². The first-order valence-corrected chi connectivity index (χ1v) is 9.03. The predicted octanol–water partition coefficient (Wildman–Crippen LogP) is 5.82. The van der Waals surface area contributed by atoms with Gasteiger partial charge in [-0.15, -0.1) is 43.0 Å². The van der Waals surface area contributed by atoms with Crippen LogP contribution >= 0.6 is 11.6 Å². The molecule has 0 saturated carbocycles. The quantitative estimate of drug-likeness (QED) is 0.340. The highest BCUT2D eigenvalue weighted by Crippen LogP contribution is 2.46. The normalized spacial score (nSPS) is 13.7. The maximum absolute atomic E-state index is 12.5. The summed E-state index contributed by atoms with van der Waals surface area (Å²) in [6.45, 7) is 1.68. The van der Waals surface area contributed by atoms with Gasteiger partial charge in [-0.1, -0.05) is 29.5 Å². The van der Waals surface area contributed by atoms with Gasteiger partial charge < -0.3 is 9.47 Å². The second-order valence-electron chi connectivity index (χ2n) is 6.42. The lowest BCUT2D eigenvalue weighted by atomic mass is 9.84. The van der Waals surface area contributed by atoms with Gasteiger partial charge >= 0.3 is 12.7 Å². The van der Waals surface area contributed by atoms with Gasteiger partial charge in [0.05, 0.1) is 12.2 Å². The summed E-state index contributed by atoms with van der Waals surface area (Å²) in [6, 6.07) is 9.07. The van der Waals surface area contributed by atoms with Crippen LogP contribution in [0.25, 0.3) is 0 Å². The molecule has 1 unspecified atom stereocenters. The third-order valence-electron chi connectivity index (χ3n) is 4.43. The first kappa shape index (κ1) is 22.7. The fourth-order valence-electron chi connectivity index (χ4n) is 3.05. The molecule has 0 aliphatic carbocycles. The molecule has 2 aromatic carbocycles. The van der Waals surface area contributed by atoms with Crippen molar-refractivity contribution >= 4 is 11.6 Å². The molecule has 0 fully saturated rings. The van der Waals surface area contributed by atoms with E-state index in [-0.39, 0.29) is 0 Å². The third-order valence-corrected chi connectivity index (χ3v) is 5.18. The molecule has 1 aromatic heterocycles. The molecule has 12 heteroatoms. The summed E-state index contributed by atoms with van der Waals surface area (Å²) in [7, 11) is 0. The van der Waals surface area contributed by atoms with Crippen molar-refractivity contribution in [2.45, 2.75) is 30.6 Å². The monoisotopic (exact) mass is 465 g/mol. The largest absolute Gasteiger partial charge is 0.573 e. The molecule has 0 aliphatic heterocycles. The van der Waals surface area contributed by atoms with Crippen LogP contribution in [0.2, 0.25) is 0 Å². The molecule has 0 saturated heterocycles. The van der Waals surface area contributed by atoms with Crippen LogP contribution in [0, 0.1) is 0 Å². The summed E-state index contributed by atoms with van der Waals surface area (Å²) in [5, 5.41) is 7.62. The molecule has 0 spiro atoms. The Hall–Kier alpha value is -2.95. The van der Waals surface area contributed by atoms with Crippen molar-refractivity contribution in [2.24, 2.45) is 0 Å². The van der Waals surface area contributed by atoms with Crippen LogP contribution in [-0.4, -0.2) is 27.7 Å². The number of hydrogen-bond acceptors (Lipinski definition) is 4. The molecule has 3 rings (SSSR count). The Bertz CT molecular complexity index is 930. The van der Waals surface area contributed by atoms with Crippen LogP contribution in [0.3, 0.4) is 0 Å². The van der Waals surface area contributed by atoms with E-state index in [0.29, 0.717) is 11.1 Å². The fraction of sp³-hybridized carbons (Fsp3) is 0.263. The smallest absolute Gasteiger partial charge is 0.406 e. The van der Waals surface area contributed by atoms with Gasteiger partial charge in [0.1, 0.15) is 16.4 Å². The molecule has 166 valence electrons. The average Bonchev–Trinajstić information content (AvgIpc) is 3.20. The standard InChI is InChI=1S/C19H14ClF6N3O2/c1-12(29-11-10-27-28-29)17(20,13-2-6-15(7-3-13)30-18(21,22)23)14-4-8-16(9-5-14)31-19(24,25)26/h2-12H,1H3. The molecular weight excluding hydrogens is 452 g/mol. The lowest BCUT2D eigenvalue weighted by Crippen LogP contribution is -2.32. The molecule has 0 bridgehead atoms. The first-order chi connectivity index (χ1) is 14.4. The topological polar surface area (TPSA) is 49.2 Å². The Labute approximate surface area is 177 Å². The highest BCUT2D eigenvalue weighted by Gasteiger charge is 2.40. The van der Waals surface area contributed by atoms with E-state index in [2.05, 4.69) is 19.8 Å². The Balaban J connectivity index is 2.02. The maximum Gasteiger partial charge on any atom is 0.573 e. The molecule has 0 aliphatic rings. The van der Waals surface area contributed by atoms with Gasteiger partial charge in [-0.25, -0.2) is 4.68 Å². The molecule has 1 heterocycles. The molecule has 31 heavy (non-hydrogen) atoms. The number of benzene rings is 2. The van der Waals surface area contributed by atoms with E-state index in [0.717, 1.165) is 24.3 Å². The number of halogens is 7. The van der Waals surface area contributed by atoms with Crippen LogP contribution in [-0.2, 0) is 4.87 Å². The molecular formula is C19H14ClF6N3O2. The van der Waals surface area contributed by atoms with Gasteiger partial charge in [0, 0.05) is 6.20 Å². The Morgan fingerprint density at radius 3 is 1.55 bits per heavy atom. The van der Waals surface area contributed by atoms with Crippen molar-refractivity contribution in [3.63, 3.8) is 0 Å². The van der Waals surface area contributed by atoms with E-state index in [1.165, 1.54) is 41.3 Å². The Morgan fingerprint density at radius 1 is 0.806 bits per heavy atom. The van der Waals surface area contributed by atoms with E-state index in [9.17, 15) is 26.3 Å². The number of nitrogens with zero attached hydrogens (tertiary/aromatic N) is 3. The van der Waals surface area contributed by atoms with Gasteiger partial charge in [-0.2, -0.15) is 0 Å². The van der Waals surface area contributed by atoms with Crippen molar-refractivity contribution in [1.82, 2.24) is 15.0 Å². The van der Waals surface area contributed by atoms with Gasteiger partial charge in [-0.3, -0.25) is 0 Å². The SMILES string of the molecule is CC(n1ccnn1)C(Cl)(c1ccc(OC(F)(F)F)cc1)c1ccc(OC(F)(F)F)cc1. The first-order valence-electron chi connectivity index (χ1n) is 8.66. The zero-order chi connectivity index (χ0) is 22.9. The Kier molecular flexibility index (Phi) is 6.08. The predicted molar refractivity (Wildman–Crippen MR) is 97.6 cm³/mol. The van der Waals surface area contributed by atoms with Crippen LogP contribution < -0.4 is 9.47 Å². The zero-order valence-corrected chi connectivity index (χ0v) is 16.4. The van der Waals surface area contributed by atoms with Crippen LogP contribution in [0.1, 0.15) is 24.1 Å². The second-order valence-corrected chi connectivity index (χ2v) is 7.01. The summed E-state index contributed by atoms with van der Waals surface area (Å²) in [6.07, 6.45) is -6.78. The van der Waals surface area contributed by atoms with Crippen LogP contribution in [0.4, 0.5) is 26.3 Å². The van der Waals surface area contributed by atoms with Gasteiger partial charge in [0.2, 0.25) is 0 Å². The van der Waals surface area contributed by atoms with E-state index < -0.39 is 35.1 Å². The molecule has 0 N–H and O–H groups in total. The van der Waals surface area contributed by atoms with Gasteiger partial charge in [0.15, 0.2) is 0 Å². The third kappa shape index (κ3) is 5.40. The van der Waals surface area contributed by atoms with Crippen molar-refractivity contribution < 1.29 is 35.8 Å². The van der Waals surface area contributed by atoms with Crippen molar-refractivity contribution in [1.29, 1.82) is 0 Å². The Morgan fingerprint density at radius 2 is 1.23 bits per heavy atom. The number of aromatic nitrogens is 3. The minimum atomic E-state index is -4.86. The molecule has 0 radical (unpaired) electrons. The molecule has 5 nitrogen and oxygen atoms in total. The van der Waals surface area contributed by atoms with E-state index >= 15 is 0 Å². The minimum absolute atomic E-state index is 0.358. The average molecular weight is 466 g/mol. The van der Waals surface area contributed by atoms with Gasteiger partial charge in [-0.05, 0) is 42.3 Å². The van der Waals surface area contributed by atoms with E-state index in [1.807, 2.05) is 0 Å². The second kappa shape index (κ2) is 8.29. The van der Waals surface area contributed by atoms with Gasteiger partial charge in [0.25, 0.3) is 0 Å². The van der Waals surface area contributed by atoms with Crippen LogP contribution in [0.15, 0.2) is 60.9 Å². The summed E-state index contributed by atoms with van der Waals surface area (Å²) in [5.74, 6) is -0.893. The summed E-state index contributed by atoms with van der Waals surface area (Å²) < 4.78 is 83.9. The molecule has 3 aromatic rings. The lowest BCUT2D eigenvalue weighted by Gasteiger charge is -2.34. The maximum atomic E-state index is 12.5. The van der Waals surface area contributed by atoms with E-state index in [4.69, 9.17) is 11.6 Å². The number of alkyl halides is 7. The van der Waals surface area contributed by atoms with Crippen LogP contribution in [0.5, 0.6) is 11.5 Å². The highest BCUT2D eigenvalue weighted by atomic mass is 35.5. The summed E-state index contributed by atoms with van der Waals surface area (Å²) in [4.78, 5) is -1.43. The fourth-order valence-corrected chi connectivity index (χ4v) is 3.41. The summed E-state index contributed by atoms with van der Waals surface area (Å²) in [5.41, 5.74) is 0.715. The van der Waals surface area contributed by atoms with Crippen molar-refractivity contribution in [3.05, 3.63) is 72.1 Å². The highest BCUT2D eigenvalue weighted by molar-refractivity contribution is 6.26. The summed E-state index contributed by atoms with van der Waals surface area (Å²) >= 11 is 6.99. The lowest BCUT2D eigenvalue weighted by molar-refractivity contribution is -0.275. The molecule has 0 amide bonds. The molecule has 1 atom stereocenters.